The quantitative estimate of drug-likeness (QED) is 0.585. The van der Waals surface area contributed by atoms with Crippen molar-refractivity contribution in [2.24, 2.45) is 17.3 Å². The molecule has 0 amide bonds. The Labute approximate surface area is 132 Å². The highest BCUT2D eigenvalue weighted by Gasteiger charge is 2.51. The van der Waals surface area contributed by atoms with Crippen LogP contribution >= 0.6 is 0 Å². The molecule has 3 rings (SSSR count). The summed E-state index contributed by atoms with van der Waals surface area (Å²) in [5, 5.41) is 0. The SMILES string of the molecule is Cc1coc2c1C(OC(=O)C(C)C)C1(C)C(=CCCC1C)C2. The number of fused-ring (bicyclic) bond motifs is 2. The maximum atomic E-state index is 12.3. The molecule has 0 spiro atoms. The number of furan rings is 1. The molecule has 2 aliphatic rings. The Morgan fingerprint density at radius 3 is 2.86 bits per heavy atom. The van der Waals surface area contributed by atoms with E-state index in [2.05, 4.69) is 19.9 Å². The lowest BCUT2D eigenvalue weighted by Crippen LogP contribution is -2.42. The molecule has 120 valence electrons. The average molecular weight is 302 g/mol. The first-order valence-corrected chi connectivity index (χ1v) is 8.32. The second-order valence-corrected chi connectivity index (χ2v) is 7.39. The topological polar surface area (TPSA) is 39.4 Å². The van der Waals surface area contributed by atoms with Gasteiger partial charge in [0.15, 0.2) is 0 Å². The zero-order valence-electron chi connectivity index (χ0n) is 14.2. The minimum atomic E-state index is -0.230. The summed E-state index contributed by atoms with van der Waals surface area (Å²) in [4.78, 5) is 12.3. The highest BCUT2D eigenvalue weighted by atomic mass is 16.5. The maximum absolute atomic E-state index is 12.3. The van der Waals surface area contributed by atoms with Crippen molar-refractivity contribution in [3.63, 3.8) is 0 Å². The first kappa shape index (κ1) is 15.4. The van der Waals surface area contributed by atoms with E-state index in [1.807, 2.05) is 20.8 Å². The van der Waals surface area contributed by atoms with E-state index in [9.17, 15) is 4.79 Å². The predicted octanol–water partition coefficient (Wildman–Crippen LogP) is 4.75. The molecule has 0 saturated heterocycles. The normalized spacial score (nSPS) is 30.5. The molecule has 0 aliphatic heterocycles. The summed E-state index contributed by atoms with van der Waals surface area (Å²) in [6, 6.07) is 0. The number of ether oxygens (including phenoxy) is 1. The van der Waals surface area contributed by atoms with Gasteiger partial charge in [-0.1, -0.05) is 39.3 Å². The van der Waals surface area contributed by atoms with Gasteiger partial charge in [-0.2, -0.15) is 0 Å². The number of carbonyl (C=O) groups is 1. The van der Waals surface area contributed by atoms with Crippen LogP contribution in [0.3, 0.4) is 0 Å². The fraction of sp³-hybridized carbons (Fsp3) is 0.632. The van der Waals surface area contributed by atoms with Crippen molar-refractivity contribution in [2.75, 3.05) is 0 Å². The van der Waals surface area contributed by atoms with Crippen LogP contribution in [0.1, 0.15) is 63.5 Å². The second-order valence-electron chi connectivity index (χ2n) is 7.39. The number of hydrogen-bond donors (Lipinski definition) is 0. The van der Waals surface area contributed by atoms with Gasteiger partial charge in [0.05, 0.1) is 12.2 Å². The van der Waals surface area contributed by atoms with E-state index < -0.39 is 0 Å². The van der Waals surface area contributed by atoms with E-state index >= 15 is 0 Å². The van der Waals surface area contributed by atoms with Crippen LogP contribution in [0.15, 0.2) is 22.3 Å². The van der Waals surface area contributed by atoms with Crippen molar-refractivity contribution in [2.45, 2.75) is 60.0 Å². The van der Waals surface area contributed by atoms with Gasteiger partial charge in [0.1, 0.15) is 11.9 Å². The van der Waals surface area contributed by atoms with E-state index in [4.69, 9.17) is 9.15 Å². The Morgan fingerprint density at radius 1 is 1.45 bits per heavy atom. The molecule has 22 heavy (non-hydrogen) atoms. The Morgan fingerprint density at radius 2 is 2.18 bits per heavy atom. The zero-order valence-corrected chi connectivity index (χ0v) is 14.2. The molecule has 1 heterocycles. The van der Waals surface area contributed by atoms with Gasteiger partial charge in [-0.3, -0.25) is 4.79 Å². The van der Waals surface area contributed by atoms with E-state index in [1.165, 1.54) is 5.57 Å². The van der Waals surface area contributed by atoms with Crippen molar-refractivity contribution in [1.29, 1.82) is 0 Å². The summed E-state index contributed by atoms with van der Waals surface area (Å²) in [6.45, 7) is 10.4. The van der Waals surface area contributed by atoms with Crippen molar-refractivity contribution < 1.29 is 13.9 Å². The molecule has 3 atom stereocenters. The first-order chi connectivity index (χ1) is 10.4. The average Bonchev–Trinajstić information content (AvgIpc) is 2.82. The highest BCUT2D eigenvalue weighted by Crippen LogP contribution is 2.57. The number of aryl methyl sites for hydroxylation is 1. The van der Waals surface area contributed by atoms with Crippen LogP contribution in [-0.4, -0.2) is 5.97 Å². The smallest absolute Gasteiger partial charge is 0.309 e. The molecule has 0 aromatic carbocycles. The monoisotopic (exact) mass is 302 g/mol. The molecule has 1 aromatic rings. The highest BCUT2D eigenvalue weighted by molar-refractivity contribution is 5.72. The van der Waals surface area contributed by atoms with Gasteiger partial charge >= 0.3 is 5.97 Å². The van der Waals surface area contributed by atoms with Crippen LogP contribution in [-0.2, 0) is 16.0 Å². The first-order valence-electron chi connectivity index (χ1n) is 8.32. The summed E-state index contributed by atoms with van der Waals surface area (Å²) < 4.78 is 11.8. The maximum Gasteiger partial charge on any atom is 0.309 e. The van der Waals surface area contributed by atoms with Gasteiger partial charge in [0, 0.05) is 17.4 Å². The van der Waals surface area contributed by atoms with E-state index in [0.29, 0.717) is 5.92 Å². The van der Waals surface area contributed by atoms with Crippen LogP contribution in [0.5, 0.6) is 0 Å². The Balaban J connectivity index is 2.11. The predicted molar refractivity (Wildman–Crippen MR) is 85.4 cm³/mol. The van der Waals surface area contributed by atoms with Gasteiger partial charge in [0.2, 0.25) is 0 Å². The van der Waals surface area contributed by atoms with Gasteiger partial charge in [-0.15, -0.1) is 0 Å². The van der Waals surface area contributed by atoms with Gasteiger partial charge < -0.3 is 9.15 Å². The molecular weight excluding hydrogens is 276 g/mol. The van der Waals surface area contributed by atoms with Crippen LogP contribution < -0.4 is 0 Å². The lowest BCUT2D eigenvalue weighted by atomic mass is 9.58. The zero-order chi connectivity index (χ0) is 16.1. The van der Waals surface area contributed by atoms with Crippen molar-refractivity contribution in [3.05, 3.63) is 34.8 Å². The number of esters is 1. The second kappa shape index (κ2) is 5.29. The van der Waals surface area contributed by atoms with Gasteiger partial charge in [-0.05, 0) is 31.2 Å². The third-order valence-corrected chi connectivity index (χ3v) is 5.67. The fourth-order valence-corrected chi connectivity index (χ4v) is 3.94. The molecule has 0 bridgehead atoms. The van der Waals surface area contributed by atoms with E-state index in [0.717, 1.165) is 36.1 Å². The largest absolute Gasteiger partial charge is 0.468 e. The van der Waals surface area contributed by atoms with Crippen LogP contribution in [0.25, 0.3) is 0 Å². The van der Waals surface area contributed by atoms with Crippen LogP contribution in [0, 0.1) is 24.2 Å². The minimum absolute atomic E-state index is 0.118. The summed E-state index contributed by atoms with van der Waals surface area (Å²) in [6.07, 6.45) is 6.99. The van der Waals surface area contributed by atoms with E-state index in [1.54, 1.807) is 6.26 Å². The molecule has 3 unspecified atom stereocenters. The van der Waals surface area contributed by atoms with Crippen LogP contribution in [0.4, 0.5) is 0 Å². The number of allylic oxidation sites excluding steroid dienone is 1. The fourth-order valence-electron chi connectivity index (χ4n) is 3.94. The molecule has 2 aliphatic carbocycles. The Hall–Kier alpha value is -1.51. The molecule has 0 radical (unpaired) electrons. The molecule has 3 nitrogen and oxygen atoms in total. The molecule has 0 saturated carbocycles. The van der Waals surface area contributed by atoms with Gasteiger partial charge in [-0.25, -0.2) is 0 Å². The lowest BCUT2D eigenvalue weighted by molar-refractivity contribution is -0.162. The van der Waals surface area contributed by atoms with Crippen LogP contribution in [0.2, 0.25) is 0 Å². The number of hydrogen-bond acceptors (Lipinski definition) is 3. The molecule has 3 heteroatoms. The van der Waals surface area contributed by atoms with Crippen molar-refractivity contribution in [1.82, 2.24) is 0 Å². The standard InChI is InChI=1S/C19H26O3/c1-11(2)18(20)22-17-16-12(3)10-21-15(16)9-14-8-6-7-13(4)19(14,17)5/h8,10-11,13,17H,6-7,9H2,1-5H3. The van der Waals surface area contributed by atoms with Crippen molar-refractivity contribution in [3.8, 4) is 0 Å². The molecule has 0 N–H and O–H groups in total. The van der Waals surface area contributed by atoms with Crippen molar-refractivity contribution >= 4 is 5.97 Å². The summed E-state index contributed by atoms with van der Waals surface area (Å²) in [5.74, 6) is 1.21. The summed E-state index contributed by atoms with van der Waals surface area (Å²) in [7, 11) is 0. The summed E-state index contributed by atoms with van der Waals surface area (Å²) in [5.41, 5.74) is 3.44. The third-order valence-electron chi connectivity index (χ3n) is 5.67. The minimum Gasteiger partial charge on any atom is -0.468 e. The third kappa shape index (κ3) is 2.13. The number of rotatable bonds is 2. The molecule has 0 fully saturated rings. The Kier molecular flexibility index (Phi) is 3.70. The van der Waals surface area contributed by atoms with Gasteiger partial charge in [0.25, 0.3) is 0 Å². The molecule has 1 aromatic heterocycles. The number of carbonyl (C=O) groups excluding carboxylic acids is 1. The summed E-state index contributed by atoms with van der Waals surface area (Å²) >= 11 is 0. The molecular formula is C19H26O3. The lowest BCUT2D eigenvalue weighted by Gasteiger charge is -2.48. The Bertz CT molecular complexity index is 623. The van der Waals surface area contributed by atoms with E-state index in [-0.39, 0.29) is 23.4 Å².